The highest BCUT2D eigenvalue weighted by Crippen LogP contribution is 2.27. The lowest BCUT2D eigenvalue weighted by Crippen LogP contribution is -2.55. The van der Waals surface area contributed by atoms with Crippen molar-refractivity contribution in [1.82, 2.24) is 44.4 Å². The van der Waals surface area contributed by atoms with Crippen molar-refractivity contribution >= 4 is 35.6 Å². The monoisotopic (exact) mass is 833 g/mol. The van der Waals surface area contributed by atoms with Crippen molar-refractivity contribution in [1.29, 1.82) is 0 Å². The van der Waals surface area contributed by atoms with E-state index in [2.05, 4.69) is 73.5 Å². The van der Waals surface area contributed by atoms with Crippen LogP contribution in [0.3, 0.4) is 0 Å². The van der Waals surface area contributed by atoms with Crippen molar-refractivity contribution in [3.63, 3.8) is 0 Å². The van der Waals surface area contributed by atoms with Crippen molar-refractivity contribution in [3.05, 3.63) is 12.2 Å². The van der Waals surface area contributed by atoms with Gasteiger partial charge in [0.1, 0.15) is 0 Å². The van der Waals surface area contributed by atoms with E-state index in [1.165, 1.54) is 0 Å². The fourth-order valence-electron chi connectivity index (χ4n) is 10.4. The van der Waals surface area contributed by atoms with E-state index in [0.717, 1.165) is 180 Å². The summed E-state index contributed by atoms with van der Waals surface area (Å²) in [4.78, 5) is 74.9. The molecule has 0 radical (unpaired) electrons. The molecule has 1 aromatic rings. The maximum absolute atomic E-state index is 12.7. The van der Waals surface area contributed by atoms with Crippen molar-refractivity contribution < 1.29 is 14.4 Å². The molecule has 0 N–H and O–H groups in total. The number of aromatic nitrogens is 3. The van der Waals surface area contributed by atoms with Crippen LogP contribution in [0.1, 0.15) is 92.4 Å². The van der Waals surface area contributed by atoms with Crippen molar-refractivity contribution in [2.45, 2.75) is 111 Å². The molecular formula is C45H76N12O3. The summed E-state index contributed by atoms with van der Waals surface area (Å²) in [6.45, 7) is 30.5. The van der Waals surface area contributed by atoms with E-state index in [1.807, 2.05) is 11.8 Å². The molecule has 0 saturated carbocycles. The van der Waals surface area contributed by atoms with Crippen LogP contribution in [-0.4, -0.2) is 198 Å². The molecule has 7 rings (SSSR count). The number of amides is 3. The third-order valence-electron chi connectivity index (χ3n) is 14.0. The van der Waals surface area contributed by atoms with Crippen LogP contribution in [0.15, 0.2) is 12.2 Å². The first kappa shape index (κ1) is 44.5. The first-order chi connectivity index (χ1) is 28.9. The molecule has 6 aliphatic rings. The predicted molar refractivity (Wildman–Crippen MR) is 238 cm³/mol. The number of anilines is 3. The number of nitrogens with zero attached hydrogens (tertiary/aromatic N) is 12. The topological polar surface area (TPSA) is 119 Å². The second kappa shape index (κ2) is 20.5. The van der Waals surface area contributed by atoms with Gasteiger partial charge in [-0.1, -0.05) is 39.8 Å². The van der Waals surface area contributed by atoms with Gasteiger partial charge in [0.25, 0.3) is 0 Å². The van der Waals surface area contributed by atoms with Crippen LogP contribution in [0.25, 0.3) is 0 Å². The number of hydrogen-bond acceptors (Lipinski definition) is 12. The molecule has 0 aliphatic carbocycles. The van der Waals surface area contributed by atoms with Gasteiger partial charge in [-0.3, -0.25) is 29.1 Å². The zero-order valence-corrected chi connectivity index (χ0v) is 37.8. The maximum Gasteiger partial charge on any atom is 0.232 e. The Morgan fingerprint density at radius 2 is 0.733 bits per heavy atom. The van der Waals surface area contributed by atoms with Gasteiger partial charge in [-0.2, -0.15) is 15.0 Å². The minimum absolute atomic E-state index is 0.209. The summed E-state index contributed by atoms with van der Waals surface area (Å²) in [5, 5.41) is 0. The molecule has 3 amide bonds. The standard InChI is InChI=1S/C45H76N12O3/c1-34(2)31-40(58)52-13-7-37(8-14-52)49-19-25-55(26-20-49)43-46-44(56-27-21-50(22-28-56)38-9-15-53(16-10-38)41(59)32-35(3)4)48-45(47-43)57-29-23-51(24-30-57)39-11-17-54(18-12-39)42(60)33-36(5)6/h35-39H,1,7-33H2,2-6H3. The summed E-state index contributed by atoms with van der Waals surface area (Å²) in [6, 6.07) is 1.53. The molecule has 0 spiro atoms. The smallest absolute Gasteiger partial charge is 0.232 e. The predicted octanol–water partition coefficient (Wildman–Crippen LogP) is 3.27. The van der Waals surface area contributed by atoms with E-state index in [9.17, 15) is 14.4 Å². The molecule has 7 heterocycles. The Kier molecular flexibility index (Phi) is 15.2. The largest absolute Gasteiger partial charge is 0.343 e. The Labute approximate surface area is 360 Å². The van der Waals surface area contributed by atoms with E-state index < -0.39 is 0 Å². The SMILES string of the molecule is C=C(C)CC(=O)N1CCC(N2CCN(c3nc(N4CCN(C5CCN(C(=O)CC(C)C)CC5)CC4)nc(N4CCN(C5CCN(C(=O)CC(C)C)CC5)CC4)n3)CC2)CC1. The minimum Gasteiger partial charge on any atom is -0.343 e. The Morgan fingerprint density at radius 1 is 0.467 bits per heavy atom. The Balaban J connectivity index is 0.969. The van der Waals surface area contributed by atoms with Crippen LogP contribution >= 0.6 is 0 Å². The lowest BCUT2D eigenvalue weighted by Gasteiger charge is -2.44. The lowest BCUT2D eigenvalue weighted by molar-refractivity contribution is -0.134. The van der Waals surface area contributed by atoms with Gasteiger partial charge in [-0.25, -0.2) is 0 Å². The van der Waals surface area contributed by atoms with Crippen LogP contribution in [0.4, 0.5) is 17.8 Å². The van der Waals surface area contributed by atoms with Crippen LogP contribution < -0.4 is 14.7 Å². The Bertz CT molecular complexity index is 1510. The molecule has 0 aromatic carbocycles. The van der Waals surface area contributed by atoms with Crippen LogP contribution in [-0.2, 0) is 14.4 Å². The third kappa shape index (κ3) is 11.5. The molecule has 0 unspecified atom stereocenters. The van der Waals surface area contributed by atoms with Gasteiger partial charge in [0, 0.05) is 155 Å². The molecule has 6 saturated heterocycles. The molecule has 6 fully saturated rings. The number of hydrogen-bond donors (Lipinski definition) is 0. The molecule has 334 valence electrons. The maximum atomic E-state index is 12.7. The highest BCUT2D eigenvalue weighted by Gasteiger charge is 2.34. The molecule has 0 bridgehead atoms. The average molecular weight is 833 g/mol. The van der Waals surface area contributed by atoms with Gasteiger partial charge in [-0.05, 0) is 57.3 Å². The van der Waals surface area contributed by atoms with E-state index in [4.69, 9.17) is 15.0 Å². The molecule has 1 aromatic heterocycles. The summed E-state index contributed by atoms with van der Waals surface area (Å²) in [5.41, 5.74) is 0.929. The molecular weight excluding hydrogens is 757 g/mol. The van der Waals surface area contributed by atoms with Gasteiger partial charge in [0.2, 0.25) is 35.6 Å². The summed E-state index contributed by atoms with van der Waals surface area (Å²) in [6.07, 6.45) is 7.96. The van der Waals surface area contributed by atoms with E-state index in [0.29, 0.717) is 61.0 Å². The first-order valence-corrected chi connectivity index (χ1v) is 23.6. The van der Waals surface area contributed by atoms with E-state index in [1.54, 1.807) is 0 Å². The first-order valence-electron chi connectivity index (χ1n) is 23.6. The summed E-state index contributed by atoms with van der Waals surface area (Å²) < 4.78 is 0. The summed E-state index contributed by atoms with van der Waals surface area (Å²) >= 11 is 0. The number of piperidine rings is 3. The number of carbonyl (C=O) groups excluding carboxylic acids is 3. The highest BCUT2D eigenvalue weighted by atomic mass is 16.2. The van der Waals surface area contributed by atoms with E-state index in [-0.39, 0.29) is 5.91 Å². The normalized spacial score (nSPS) is 23.0. The van der Waals surface area contributed by atoms with Gasteiger partial charge in [0.15, 0.2) is 0 Å². The zero-order valence-electron chi connectivity index (χ0n) is 37.8. The quantitative estimate of drug-likeness (QED) is 0.288. The lowest BCUT2D eigenvalue weighted by atomic mass is 10.0. The summed E-state index contributed by atoms with van der Waals surface area (Å²) in [7, 11) is 0. The van der Waals surface area contributed by atoms with Crippen molar-refractivity contribution in [2.75, 3.05) is 133 Å². The molecule has 15 nitrogen and oxygen atoms in total. The Hall–Kier alpha value is -3.56. The van der Waals surface area contributed by atoms with Gasteiger partial charge < -0.3 is 29.4 Å². The molecule has 60 heavy (non-hydrogen) atoms. The van der Waals surface area contributed by atoms with Crippen LogP contribution in [0.2, 0.25) is 0 Å². The van der Waals surface area contributed by atoms with Gasteiger partial charge in [-0.15, -0.1) is 0 Å². The Morgan fingerprint density at radius 3 is 0.983 bits per heavy atom. The third-order valence-corrected chi connectivity index (χ3v) is 14.0. The highest BCUT2D eigenvalue weighted by molar-refractivity contribution is 5.78. The minimum atomic E-state index is 0.209. The van der Waals surface area contributed by atoms with E-state index >= 15 is 0 Å². The van der Waals surface area contributed by atoms with Gasteiger partial charge in [0.05, 0.1) is 0 Å². The van der Waals surface area contributed by atoms with Crippen LogP contribution in [0, 0.1) is 11.8 Å². The zero-order chi connectivity index (χ0) is 42.3. The number of likely N-dealkylation sites (tertiary alicyclic amines) is 3. The number of carbonyl (C=O) groups is 3. The number of rotatable bonds is 12. The second-order valence-corrected chi connectivity index (χ2v) is 19.5. The second-order valence-electron chi connectivity index (χ2n) is 19.5. The van der Waals surface area contributed by atoms with Crippen molar-refractivity contribution in [2.24, 2.45) is 11.8 Å². The average Bonchev–Trinajstić information content (AvgIpc) is 3.26. The molecule has 0 atom stereocenters. The van der Waals surface area contributed by atoms with Crippen molar-refractivity contribution in [3.8, 4) is 0 Å². The number of piperazine rings is 3. The molecule has 6 aliphatic heterocycles. The van der Waals surface area contributed by atoms with Gasteiger partial charge >= 0.3 is 0 Å². The molecule has 15 heteroatoms. The fourth-order valence-corrected chi connectivity index (χ4v) is 10.4. The fraction of sp³-hybridized carbons (Fsp3) is 0.822. The van der Waals surface area contributed by atoms with Crippen LogP contribution in [0.5, 0.6) is 0 Å². The summed E-state index contributed by atoms with van der Waals surface area (Å²) in [5.74, 6) is 3.99.